The minimum Gasteiger partial charge on any atom is -0.475 e. The fourth-order valence-electron chi connectivity index (χ4n) is 0.974. The number of benzene rings is 1. The predicted molar refractivity (Wildman–Crippen MR) is 56.6 cm³/mol. The molecule has 3 nitrogen and oxygen atoms in total. The van der Waals surface area contributed by atoms with E-state index < -0.39 is 0 Å². The first-order chi connectivity index (χ1) is 6.77. The molecule has 0 spiro atoms. The lowest BCUT2D eigenvalue weighted by Gasteiger charge is -2.05. The Morgan fingerprint density at radius 3 is 2.50 bits per heavy atom. The highest BCUT2D eigenvalue weighted by atomic mass is 35.5. The Kier molecular flexibility index (Phi) is 4.26. The molecule has 0 atom stereocenters. The number of nitrogens with zero attached hydrogens (tertiary/aromatic N) is 1. The molecule has 0 heterocycles. The summed E-state index contributed by atoms with van der Waals surface area (Å²) in [4.78, 5) is 4.67. The van der Waals surface area contributed by atoms with Crippen molar-refractivity contribution in [1.29, 1.82) is 0 Å². The first-order valence-corrected chi connectivity index (χ1v) is 4.65. The van der Waals surface area contributed by atoms with Crippen molar-refractivity contribution in [2.45, 2.75) is 6.92 Å². The van der Waals surface area contributed by atoms with Gasteiger partial charge in [-0.3, -0.25) is 0 Å². The molecule has 76 valence electrons. The summed E-state index contributed by atoms with van der Waals surface area (Å²) in [6, 6.07) is 7.22. The monoisotopic (exact) mass is 213 g/mol. The van der Waals surface area contributed by atoms with Crippen molar-refractivity contribution in [2.75, 3.05) is 13.7 Å². The van der Waals surface area contributed by atoms with Gasteiger partial charge < -0.3 is 9.57 Å². The maximum Gasteiger partial charge on any atom is 0.257 e. The zero-order valence-electron chi connectivity index (χ0n) is 8.16. The summed E-state index contributed by atoms with van der Waals surface area (Å²) in [6.07, 6.45) is 0. The summed E-state index contributed by atoms with van der Waals surface area (Å²) in [5, 5.41) is 4.45. The van der Waals surface area contributed by atoms with Crippen LogP contribution in [-0.2, 0) is 9.57 Å². The third-order valence-corrected chi connectivity index (χ3v) is 1.80. The van der Waals surface area contributed by atoms with Crippen LogP contribution in [-0.4, -0.2) is 19.6 Å². The molecule has 1 rings (SSSR count). The highest BCUT2D eigenvalue weighted by Gasteiger charge is 2.04. The van der Waals surface area contributed by atoms with Crippen molar-refractivity contribution in [2.24, 2.45) is 5.16 Å². The van der Waals surface area contributed by atoms with E-state index in [0.717, 1.165) is 5.56 Å². The van der Waals surface area contributed by atoms with Crippen LogP contribution in [0, 0.1) is 0 Å². The van der Waals surface area contributed by atoms with E-state index in [1.807, 2.05) is 19.1 Å². The first-order valence-electron chi connectivity index (χ1n) is 4.27. The molecular formula is C10H12ClNO2. The minimum atomic E-state index is 0.465. The van der Waals surface area contributed by atoms with Crippen LogP contribution >= 0.6 is 11.6 Å². The van der Waals surface area contributed by atoms with Crippen molar-refractivity contribution in [3.8, 4) is 0 Å². The fraction of sp³-hybridized carbons (Fsp3) is 0.300. The van der Waals surface area contributed by atoms with Gasteiger partial charge in [-0.05, 0) is 36.3 Å². The standard InChI is InChI=1S/C10H12ClNO2/c1-3-14-10(12-13-2)8-4-6-9(11)7-5-8/h4-7H,3H2,1-2H3/b12-10-. The molecule has 1 aromatic carbocycles. The van der Waals surface area contributed by atoms with E-state index in [1.165, 1.54) is 7.11 Å². The van der Waals surface area contributed by atoms with Crippen LogP contribution in [0.5, 0.6) is 0 Å². The Hall–Kier alpha value is -1.22. The maximum atomic E-state index is 5.76. The second-order valence-electron chi connectivity index (χ2n) is 2.52. The zero-order chi connectivity index (χ0) is 10.4. The van der Waals surface area contributed by atoms with E-state index >= 15 is 0 Å². The average molecular weight is 214 g/mol. The van der Waals surface area contributed by atoms with E-state index in [-0.39, 0.29) is 0 Å². The largest absolute Gasteiger partial charge is 0.475 e. The van der Waals surface area contributed by atoms with Gasteiger partial charge in [0.15, 0.2) is 0 Å². The first kappa shape index (κ1) is 10.9. The molecule has 0 amide bonds. The summed E-state index contributed by atoms with van der Waals surface area (Å²) >= 11 is 5.76. The molecule has 4 heteroatoms. The summed E-state index contributed by atoms with van der Waals surface area (Å²) < 4.78 is 5.29. The Bertz CT molecular complexity index is 308. The van der Waals surface area contributed by atoms with Gasteiger partial charge in [0.25, 0.3) is 5.90 Å². The number of halogens is 1. The van der Waals surface area contributed by atoms with E-state index in [2.05, 4.69) is 9.99 Å². The summed E-state index contributed by atoms with van der Waals surface area (Å²) in [5.41, 5.74) is 0.845. The molecule has 0 N–H and O–H groups in total. The molecule has 0 saturated carbocycles. The molecule has 0 saturated heterocycles. The molecule has 0 aliphatic rings. The van der Waals surface area contributed by atoms with Gasteiger partial charge in [-0.2, -0.15) is 0 Å². The lowest BCUT2D eigenvalue weighted by atomic mass is 10.2. The molecule has 0 radical (unpaired) electrons. The number of oxime groups is 1. The number of rotatable bonds is 3. The SMILES string of the molecule is CCO/C(=N\OC)c1ccc(Cl)cc1. The van der Waals surface area contributed by atoms with E-state index in [4.69, 9.17) is 16.3 Å². The Morgan fingerprint density at radius 2 is 2.00 bits per heavy atom. The molecule has 0 aliphatic carbocycles. The van der Waals surface area contributed by atoms with Gasteiger partial charge in [-0.25, -0.2) is 0 Å². The molecule has 14 heavy (non-hydrogen) atoms. The normalized spacial score (nSPS) is 11.2. The topological polar surface area (TPSA) is 30.8 Å². The van der Waals surface area contributed by atoms with Gasteiger partial charge >= 0.3 is 0 Å². The number of ether oxygens (including phenoxy) is 1. The molecule has 1 aromatic rings. The van der Waals surface area contributed by atoms with Crippen LogP contribution in [0.3, 0.4) is 0 Å². The lowest BCUT2D eigenvalue weighted by molar-refractivity contribution is 0.194. The summed E-state index contributed by atoms with van der Waals surface area (Å²) in [7, 11) is 1.48. The second kappa shape index (κ2) is 5.50. The van der Waals surface area contributed by atoms with Crippen LogP contribution in [0.15, 0.2) is 29.4 Å². The Balaban J connectivity index is 2.88. The van der Waals surface area contributed by atoms with Crippen molar-refractivity contribution in [3.05, 3.63) is 34.9 Å². The second-order valence-corrected chi connectivity index (χ2v) is 2.96. The lowest BCUT2D eigenvalue weighted by Crippen LogP contribution is -2.06. The predicted octanol–water partition coefficient (Wildman–Crippen LogP) is 2.68. The molecule has 0 aliphatic heterocycles. The molecule has 0 aromatic heterocycles. The number of hydrogen-bond acceptors (Lipinski definition) is 3. The minimum absolute atomic E-state index is 0.465. The molecule has 0 fully saturated rings. The third-order valence-electron chi connectivity index (χ3n) is 1.55. The van der Waals surface area contributed by atoms with E-state index in [9.17, 15) is 0 Å². The van der Waals surface area contributed by atoms with Crippen molar-refractivity contribution < 1.29 is 9.57 Å². The van der Waals surface area contributed by atoms with Crippen molar-refractivity contribution in [1.82, 2.24) is 0 Å². The van der Waals surface area contributed by atoms with Crippen LogP contribution in [0.2, 0.25) is 5.02 Å². The zero-order valence-corrected chi connectivity index (χ0v) is 8.91. The molecule has 0 bridgehead atoms. The summed E-state index contributed by atoms with van der Waals surface area (Å²) in [6.45, 7) is 2.44. The van der Waals surface area contributed by atoms with Crippen molar-refractivity contribution >= 4 is 17.5 Å². The van der Waals surface area contributed by atoms with E-state index in [1.54, 1.807) is 12.1 Å². The Morgan fingerprint density at radius 1 is 1.36 bits per heavy atom. The van der Waals surface area contributed by atoms with Gasteiger partial charge in [-0.15, -0.1) is 0 Å². The van der Waals surface area contributed by atoms with Crippen LogP contribution < -0.4 is 0 Å². The van der Waals surface area contributed by atoms with Crippen molar-refractivity contribution in [3.63, 3.8) is 0 Å². The van der Waals surface area contributed by atoms with Gasteiger partial charge in [0.2, 0.25) is 0 Å². The maximum absolute atomic E-state index is 5.76. The van der Waals surface area contributed by atoms with Crippen LogP contribution in [0.1, 0.15) is 12.5 Å². The van der Waals surface area contributed by atoms with Gasteiger partial charge in [-0.1, -0.05) is 11.6 Å². The Labute approximate surface area is 88.3 Å². The quantitative estimate of drug-likeness (QED) is 0.439. The van der Waals surface area contributed by atoms with E-state index in [0.29, 0.717) is 17.5 Å². The summed E-state index contributed by atoms with van der Waals surface area (Å²) in [5.74, 6) is 0.465. The smallest absolute Gasteiger partial charge is 0.257 e. The highest BCUT2D eigenvalue weighted by Crippen LogP contribution is 2.11. The molecule has 0 unspecified atom stereocenters. The van der Waals surface area contributed by atoms with Gasteiger partial charge in [0.1, 0.15) is 7.11 Å². The fourth-order valence-corrected chi connectivity index (χ4v) is 1.10. The van der Waals surface area contributed by atoms with Crippen LogP contribution in [0.4, 0.5) is 0 Å². The number of hydrogen-bond donors (Lipinski definition) is 0. The van der Waals surface area contributed by atoms with Gasteiger partial charge in [0, 0.05) is 10.6 Å². The highest BCUT2D eigenvalue weighted by molar-refractivity contribution is 6.30. The molecular weight excluding hydrogens is 202 g/mol. The third kappa shape index (κ3) is 2.92. The average Bonchev–Trinajstić information content (AvgIpc) is 2.19. The van der Waals surface area contributed by atoms with Crippen LogP contribution in [0.25, 0.3) is 0 Å². The van der Waals surface area contributed by atoms with Gasteiger partial charge in [0.05, 0.1) is 6.61 Å².